The van der Waals surface area contributed by atoms with Crippen molar-refractivity contribution < 1.29 is 9.72 Å². The van der Waals surface area contributed by atoms with Crippen molar-refractivity contribution in [2.75, 3.05) is 0 Å². The van der Waals surface area contributed by atoms with E-state index in [2.05, 4.69) is 0 Å². The fourth-order valence-corrected chi connectivity index (χ4v) is 1.47. The van der Waals surface area contributed by atoms with Crippen LogP contribution in [0.15, 0.2) is 23.3 Å². The van der Waals surface area contributed by atoms with E-state index in [0.29, 0.717) is 0 Å². The normalized spacial score (nSPS) is 11.1. The van der Waals surface area contributed by atoms with Crippen LogP contribution in [0.1, 0.15) is 13.8 Å². The summed E-state index contributed by atoms with van der Waals surface area (Å²) in [5.41, 5.74) is -0.0187. The third kappa shape index (κ3) is 2.92. The standard InChI is InChI=1S/C10H14N4O4/c1-10(2,9(16)12-11)6-13-4-3-8(15)7(5-13)14(17)18/h3-5H,6,11H2,1-2H3,(H,12,16). The molecule has 98 valence electrons. The number of aromatic nitrogens is 1. The predicted molar refractivity (Wildman–Crippen MR) is 63.5 cm³/mol. The zero-order valence-electron chi connectivity index (χ0n) is 10.0. The Hall–Kier alpha value is -2.22. The molecule has 0 fully saturated rings. The van der Waals surface area contributed by atoms with Gasteiger partial charge in [0.15, 0.2) is 0 Å². The summed E-state index contributed by atoms with van der Waals surface area (Å²) in [5.74, 6) is 4.65. The number of carbonyl (C=O) groups excluding carboxylic acids is 1. The SMILES string of the molecule is CC(C)(Cn1ccc(=O)c([N+](=O)[O-])c1)C(=O)NN. The zero-order valence-corrected chi connectivity index (χ0v) is 10.0. The summed E-state index contributed by atoms with van der Waals surface area (Å²) in [6, 6.07) is 1.09. The molecule has 0 bridgehead atoms. The molecule has 3 N–H and O–H groups in total. The Morgan fingerprint density at radius 1 is 1.61 bits per heavy atom. The summed E-state index contributed by atoms with van der Waals surface area (Å²) < 4.78 is 1.41. The van der Waals surface area contributed by atoms with Crippen LogP contribution in [0.5, 0.6) is 0 Å². The third-order valence-electron chi connectivity index (χ3n) is 2.48. The number of nitro groups is 1. The Morgan fingerprint density at radius 2 is 2.22 bits per heavy atom. The lowest BCUT2D eigenvalue weighted by Gasteiger charge is -2.23. The molecule has 0 saturated heterocycles. The molecule has 0 aliphatic heterocycles. The maximum absolute atomic E-state index is 11.5. The number of hydrogen-bond acceptors (Lipinski definition) is 5. The highest BCUT2D eigenvalue weighted by molar-refractivity contribution is 5.81. The van der Waals surface area contributed by atoms with Crippen molar-refractivity contribution in [1.82, 2.24) is 9.99 Å². The maximum Gasteiger partial charge on any atom is 0.332 e. The van der Waals surface area contributed by atoms with E-state index in [1.807, 2.05) is 5.43 Å². The van der Waals surface area contributed by atoms with Gasteiger partial charge in [0, 0.05) is 18.8 Å². The van der Waals surface area contributed by atoms with Crippen molar-refractivity contribution in [3.05, 3.63) is 38.8 Å². The Kier molecular flexibility index (Phi) is 3.82. The lowest BCUT2D eigenvalue weighted by molar-refractivity contribution is -0.386. The van der Waals surface area contributed by atoms with Gasteiger partial charge in [0.2, 0.25) is 5.91 Å². The van der Waals surface area contributed by atoms with Crippen LogP contribution < -0.4 is 16.7 Å². The van der Waals surface area contributed by atoms with Crippen LogP contribution in [0.25, 0.3) is 0 Å². The minimum absolute atomic E-state index is 0.164. The molecule has 1 amide bonds. The van der Waals surface area contributed by atoms with E-state index in [4.69, 9.17) is 5.84 Å². The van der Waals surface area contributed by atoms with Crippen LogP contribution in [0.3, 0.4) is 0 Å². The Labute approximate surface area is 103 Å². The molecule has 8 heteroatoms. The van der Waals surface area contributed by atoms with Gasteiger partial charge in [-0.1, -0.05) is 0 Å². The van der Waals surface area contributed by atoms with Gasteiger partial charge in [-0.15, -0.1) is 0 Å². The number of nitrogens with two attached hydrogens (primary N) is 1. The molecule has 0 spiro atoms. The highest BCUT2D eigenvalue weighted by Crippen LogP contribution is 2.18. The van der Waals surface area contributed by atoms with Crippen LogP contribution in [-0.2, 0) is 11.3 Å². The van der Waals surface area contributed by atoms with Crippen molar-refractivity contribution in [2.45, 2.75) is 20.4 Å². The van der Waals surface area contributed by atoms with Gasteiger partial charge in [-0.25, -0.2) is 5.84 Å². The number of rotatable bonds is 4. The highest BCUT2D eigenvalue weighted by atomic mass is 16.6. The fourth-order valence-electron chi connectivity index (χ4n) is 1.47. The van der Waals surface area contributed by atoms with Gasteiger partial charge in [0.1, 0.15) is 0 Å². The third-order valence-corrected chi connectivity index (χ3v) is 2.48. The van der Waals surface area contributed by atoms with Crippen molar-refractivity contribution >= 4 is 11.6 Å². The lowest BCUT2D eigenvalue weighted by atomic mass is 9.92. The first-order valence-corrected chi connectivity index (χ1v) is 5.13. The summed E-state index contributed by atoms with van der Waals surface area (Å²) in [6.07, 6.45) is 2.49. The molecule has 1 rings (SSSR count). The monoisotopic (exact) mass is 254 g/mol. The molecular formula is C10H14N4O4. The van der Waals surface area contributed by atoms with E-state index >= 15 is 0 Å². The van der Waals surface area contributed by atoms with Crippen LogP contribution >= 0.6 is 0 Å². The molecule has 0 aliphatic rings. The lowest BCUT2D eigenvalue weighted by Crippen LogP contribution is -2.43. The average molecular weight is 254 g/mol. The summed E-state index contributed by atoms with van der Waals surface area (Å²) in [5, 5.41) is 10.6. The Balaban J connectivity index is 3.06. The zero-order chi connectivity index (χ0) is 13.9. The van der Waals surface area contributed by atoms with Crippen molar-refractivity contribution in [3.63, 3.8) is 0 Å². The van der Waals surface area contributed by atoms with Crippen molar-refractivity contribution in [1.29, 1.82) is 0 Å². The Morgan fingerprint density at radius 3 is 2.72 bits per heavy atom. The van der Waals surface area contributed by atoms with E-state index in [0.717, 1.165) is 12.3 Å². The minimum Gasteiger partial charge on any atom is -0.347 e. The largest absolute Gasteiger partial charge is 0.347 e. The molecule has 8 nitrogen and oxygen atoms in total. The van der Waals surface area contributed by atoms with E-state index in [-0.39, 0.29) is 6.54 Å². The van der Waals surface area contributed by atoms with Crippen molar-refractivity contribution in [3.8, 4) is 0 Å². The molecule has 0 aliphatic carbocycles. The molecule has 18 heavy (non-hydrogen) atoms. The number of pyridine rings is 1. The highest BCUT2D eigenvalue weighted by Gasteiger charge is 2.27. The van der Waals surface area contributed by atoms with E-state index in [1.165, 1.54) is 10.8 Å². The fraction of sp³-hybridized carbons (Fsp3) is 0.400. The predicted octanol–water partition coefficient (Wildman–Crippen LogP) is -0.227. The molecule has 1 aromatic rings. The first-order chi connectivity index (χ1) is 8.27. The second kappa shape index (κ2) is 4.96. The van der Waals surface area contributed by atoms with Gasteiger partial charge >= 0.3 is 5.69 Å². The molecule has 0 atom stereocenters. The quantitative estimate of drug-likeness (QED) is 0.333. The van der Waals surface area contributed by atoms with Gasteiger partial charge in [-0.3, -0.25) is 25.1 Å². The van der Waals surface area contributed by atoms with Crippen LogP contribution in [0.2, 0.25) is 0 Å². The first kappa shape index (κ1) is 13.8. The molecule has 1 heterocycles. The number of carbonyl (C=O) groups is 1. The van der Waals surface area contributed by atoms with Crippen molar-refractivity contribution in [2.24, 2.45) is 11.3 Å². The second-order valence-corrected chi connectivity index (χ2v) is 4.48. The summed E-state index contributed by atoms with van der Waals surface area (Å²) >= 11 is 0. The molecule has 0 saturated carbocycles. The van der Waals surface area contributed by atoms with E-state index < -0.39 is 27.4 Å². The molecule has 1 aromatic heterocycles. The average Bonchev–Trinajstić information content (AvgIpc) is 2.29. The van der Waals surface area contributed by atoms with Gasteiger partial charge in [0.05, 0.1) is 16.5 Å². The Bertz CT molecular complexity index is 535. The summed E-state index contributed by atoms with van der Waals surface area (Å²) in [6.45, 7) is 3.44. The number of hydrazine groups is 1. The molecular weight excluding hydrogens is 240 g/mol. The molecule has 0 radical (unpaired) electrons. The number of amides is 1. The van der Waals surface area contributed by atoms with Crippen LogP contribution in [0, 0.1) is 15.5 Å². The van der Waals surface area contributed by atoms with Crippen LogP contribution in [-0.4, -0.2) is 15.4 Å². The summed E-state index contributed by atoms with van der Waals surface area (Å²) in [7, 11) is 0. The second-order valence-electron chi connectivity index (χ2n) is 4.48. The van der Waals surface area contributed by atoms with Gasteiger partial charge < -0.3 is 4.57 Å². The van der Waals surface area contributed by atoms with Gasteiger partial charge in [-0.2, -0.15) is 0 Å². The molecule has 0 aromatic carbocycles. The van der Waals surface area contributed by atoms with E-state index in [1.54, 1.807) is 13.8 Å². The van der Waals surface area contributed by atoms with Crippen LogP contribution in [0.4, 0.5) is 5.69 Å². The maximum atomic E-state index is 11.5. The number of nitrogens with zero attached hydrogens (tertiary/aromatic N) is 2. The number of hydrogen-bond donors (Lipinski definition) is 2. The van der Waals surface area contributed by atoms with E-state index in [9.17, 15) is 19.7 Å². The first-order valence-electron chi connectivity index (χ1n) is 5.13. The topological polar surface area (TPSA) is 120 Å². The number of nitrogens with one attached hydrogen (secondary N) is 1. The van der Waals surface area contributed by atoms with Gasteiger partial charge in [-0.05, 0) is 13.8 Å². The summed E-state index contributed by atoms with van der Waals surface area (Å²) in [4.78, 5) is 32.6. The molecule has 0 unspecified atom stereocenters. The smallest absolute Gasteiger partial charge is 0.332 e. The minimum atomic E-state index is -0.850. The van der Waals surface area contributed by atoms with Gasteiger partial charge in [0.25, 0.3) is 5.43 Å².